The summed E-state index contributed by atoms with van der Waals surface area (Å²) in [5, 5.41) is 8.76. The van der Waals surface area contributed by atoms with Crippen LogP contribution in [0.4, 0.5) is 0 Å². The predicted octanol–water partition coefficient (Wildman–Crippen LogP) is 2.90. The second-order valence-electron chi connectivity index (χ2n) is 4.33. The Labute approximate surface area is 113 Å². The number of hydrogen-bond donors (Lipinski definition) is 1. The number of hydrogen-bond acceptors (Lipinski definition) is 3. The maximum atomic E-state index is 12.3. The quantitative estimate of drug-likeness (QED) is 0.933. The van der Waals surface area contributed by atoms with E-state index >= 15 is 0 Å². The summed E-state index contributed by atoms with van der Waals surface area (Å²) < 4.78 is 17.4. The van der Waals surface area contributed by atoms with Crippen molar-refractivity contribution in [3.63, 3.8) is 0 Å². The highest BCUT2D eigenvalue weighted by Crippen LogP contribution is 2.19. The van der Waals surface area contributed by atoms with Crippen LogP contribution < -0.4 is 0 Å². The van der Waals surface area contributed by atoms with E-state index in [2.05, 4.69) is 0 Å². The second-order valence-corrected chi connectivity index (χ2v) is 5.75. The summed E-state index contributed by atoms with van der Waals surface area (Å²) in [7, 11) is -1.24. The van der Waals surface area contributed by atoms with Gasteiger partial charge in [0.2, 0.25) is 5.76 Å². The molecule has 100 valence electrons. The maximum absolute atomic E-state index is 12.3. The van der Waals surface area contributed by atoms with Crippen molar-refractivity contribution in [2.24, 2.45) is 0 Å². The number of aromatic carboxylic acids is 1. The molecule has 2 aromatic rings. The Balaban J connectivity index is 2.20. The fourth-order valence-electron chi connectivity index (χ4n) is 1.73. The normalized spacial score (nSPS) is 12.3. The molecule has 0 amide bonds. The molecule has 1 aromatic heterocycles. The van der Waals surface area contributed by atoms with E-state index in [9.17, 15) is 9.00 Å². The third-order valence-electron chi connectivity index (χ3n) is 2.73. The topological polar surface area (TPSA) is 67.5 Å². The molecular weight excluding hydrogens is 264 g/mol. The third-order valence-corrected chi connectivity index (χ3v) is 4.21. The van der Waals surface area contributed by atoms with Crippen LogP contribution >= 0.6 is 0 Å². The summed E-state index contributed by atoms with van der Waals surface area (Å²) >= 11 is 0. The first-order valence-corrected chi connectivity index (χ1v) is 7.07. The molecule has 0 radical (unpaired) electrons. The standard InChI is InChI=1S/C14H14O4S/c1-9-3-4-10(2)13(7-9)19(17)8-11-5-6-12(18-11)14(15)16/h3-7H,8H2,1-2H3,(H,15,16). The molecule has 1 N–H and O–H groups in total. The maximum Gasteiger partial charge on any atom is 0.371 e. The lowest BCUT2D eigenvalue weighted by atomic mass is 10.2. The van der Waals surface area contributed by atoms with Crippen LogP contribution in [-0.4, -0.2) is 15.3 Å². The van der Waals surface area contributed by atoms with Crippen LogP contribution in [0.15, 0.2) is 39.6 Å². The lowest BCUT2D eigenvalue weighted by Crippen LogP contribution is -1.99. The molecule has 2 rings (SSSR count). The van der Waals surface area contributed by atoms with E-state index in [-0.39, 0.29) is 11.5 Å². The number of carboxylic acids is 1. The predicted molar refractivity (Wildman–Crippen MR) is 71.7 cm³/mol. The Kier molecular flexibility index (Phi) is 3.85. The largest absolute Gasteiger partial charge is 0.475 e. The van der Waals surface area contributed by atoms with E-state index in [0.717, 1.165) is 16.0 Å². The highest BCUT2D eigenvalue weighted by molar-refractivity contribution is 7.84. The van der Waals surface area contributed by atoms with E-state index < -0.39 is 16.8 Å². The van der Waals surface area contributed by atoms with Gasteiger partial charge < -0.3 is 9.52 Å². The highest BCUT2D eigenvalue weighted by atomic mass is 32.2. The second kappa shape index (κ2) is 5.40. The van der Waals surface area contributed by atoms with E-state index in [1.807, 2.05) is 32.0 Å². The van der Waals surface area contributed by atoms with Crippen molar-refractivity contribution in [3.05, 3.63) is 53.0 Å². The summed E-state index contributed by atoms with van der Waals surface area (Å²) in [5.74, 6) is -0.661. The van der Waals surface area contributed by atoms with Crippen LogP contribution in [0.25, 0.3) is 0 Å². The van der Waals surface area contributed by atoms with Gasteiger partial charge in [-0.15, -0.1) is 0 Å². The highest BCUT2D eigenvalue weighted by Gasteiger charge is 2.13. The summed E-state index contributed by atoms with van der Waals surface area (Å²) in [5.41, 5.74) is 1.99. The van der Waals surface area contributed by atoms with Gasteiger partial charge in [0.25, 0.3) is 0 Å². The fourth-order valence-corrected chi connectivity index (χ4v) is 3.04. The minimum Gasteiger partial charge on any atom is -0.475 e. The van der Waals surface area contributed by atoms with E-state index in [4.69, 9.17) is 9.52 Å². The van der Waals surface area contributed by atoms with Crippen LogP contribution in [-0.2, 0) is 16.6 Å². The molecule has 0 bridgehead atoms. The number of carbonyl (C=O) groups is 1. The molecule has 0 saturated carbocycles. The van der Waals surface area contributed by atoms with E-state index in [0.29, 0.717) is 5.76 Å². The number of aryl methyl sites for hydroxylation is 2. The van der Waals surface area contributed by atoms with Crippen molar-refractivity contribution in [2.45, 2.75) is 24.5 Å². The molecule has 1 unspecified atom stereocenters. The zero-order valence-corrected chi connectivity index (χ0v) is 11.5. The van der Waals surface area contributed by atoms with Crippen LogP contribution in [0, 0.1) is 13.8 Å². The van der Waals surface area contributed by atoms with Crippen molar-refractivity contribution in [1.29, 1.82) is 0 Å². The van der Waals surface area contributed by atoms with Gasteiger partial charge in [-0.25, -0.2) is 4.79 Å². The monoisotopic (exact) mass is 278 g/mol. The molecule has 0 saturated heterocycles. The molecule has 0 spiro atoms. The number of carboxylic acid groups (broad SMARTS) is 1. The van der Waals surface area contributed by atoms with Crippen LogP contribution in [0.3, 0.4) is 0 Å². The first-order chi connectivity index (χ1) is 8.97. The molecule has 4 nitrogen and oxygen atoms in total. The molecule has 1 aromatic carbocycles. The molecule has 1 heterocycles. The molecular formula is C14H14O4S. The average molecular weight is 278 g/mol. The van der Waals surface area contributed by atoms with Gasteiger partial charge in [-0.05, 0) is 43.2 Å². The first kappa shape index (κ1) is 13.5. The summed E-state index contributed by atoms with van der Waals surface area (Å²) in [6.07, 6.45) is 0. The van der Waals surface area contributed by atoms with Crippen molar-refractivity contribution in [1.82, 2.24) is 0 Å². The summed E-state index contributed by atoms with van der Waals surface area (Å²) in [4.78, 5) is 11.5. The van der Waals surface area contributed by atoms with Crippen molar-refractivity contribution >= 4 is 16.8 Å². The van der Waals surface area contributed by atoms with Gasteiger partial charge in [-0.1, -0.05) is 12.1 Å². The van der Waals surface area contributed by atoms with Crippen LogP contribution in [0.2, 0.25) is 0 Å². The molecule has 1 atom stereocenters. The van der Waals surface area contributed by atoms with Gasteiger partial charge in [-0.2, -0.15) is 0 Å². The Hall–Kier alpha value is -1.88. The van der Waals surface area contributed by atoms with Crippen molar-refractivity contribution in [3.8, 4) is 0 Å². The van der Waals surface area contributed by atoms with Crippen LogP contribution in [0.1, 0.15) is 27.4 Å². The van der Waals surface area contributed by atoms with Gasteiger partial charge in [-0.3, -0.25) is 4.21 Å². The molecule has 0 aliphatic heterocycles. The molecule has 0 aliphatic rings. The van der Waals surface area contributed by atoms with Gasteiger partial charge in [0.15, 0.2) is 0 Å². The number of benzene rings is 1. The third kappa shape index (κ3) is 3.12. The van der Waals surface area contributed by atoms with Gasteiger partial charge in [0.1, 0.15) is 5.76 Å². The average Bonchev–Trinajstić information content (AvgIpc) is 2.80. The van der Waals surface area contributed by atoms with Crippen molar-refractivity contribution in [2.75, 3.05) is 0 Å². The number of furan rings is 1. The van der Waals surface area contributed by atoms with E-state index in [1.54, 1.807) is 6.07 Å². The van der Waals surface area contributed by atoms with Crippen LogP contribution in [0.5, 0.6) is 0 Å². The Bertz CT molecular complexity index is 643. The van der Waals surface area contributed by atoms with E-state index in [1.165, 1.54) is 6.07 Å². The lowest BCUT2D eigenvalue weighted by molar-refractivity contribution is 0.0661. The zero-order chi connectivity index (χ0) is 14.0. The molecule has 5 heteroatoms. The fraction of sp³-hybridized carbons (Fsp3) is 0.214. The Morgan fingerprint density at radius 2 is 2.00 bits per heavy atom. The summed E-state index contributed by atoms with van der Waals surface area (Å²) in [6.45, 7) is 3.84. The minimum absolute atomic E-state index is 0.132. The van der Waals surface area contributed by atoms with Gasteiger partial charge in [0, 0.05) is 4.90 Å². The lowest BCUT2D eigenvalue weighted by Gasteiger charge is -2.05. The van der Waals surface area contributed by atoms with Gasteiger partial charge in [0.05, 0.1) is 16.6 Å². The molecule has 0 aliphatic carbocycles. The smallest absolute Gasteiger partial charge is 0.371 e. The zero-order valence-electron chi connectivity index (χ0n) is 10.7. The summed E-state index contributed by atoms with van der Waals surface area (Å²) in [6, 6.07) is 8.69. The van der Waals surface area contributed by atoms with Gasteiger partial charge >= 0.3 is 5.97 Å². The SMILES string of the molecule is Cc1ccc(C)c(S(=O)Cc2ccc(C(=O)O)o2)c1. The molecule has 0 fully saturated rings. The number of rotatable bonds is 4. The van der Waals surface area contributed by atoms with Crippen molar-refractivity contribution < 1.29 is 18.5 Å². The Morgan fingerprint density at radius 3 is 2.63 bits per heavy atom. The molecule has 19 heavy (non-hydrogen) atoms. The Morgan fingerprint density at radius 1 is 1.26 bits per heavy atom. The minimum atomic E-state index is -1.24. The first-order valence-electron chi connectivity index (χ1n) is 5.75.